The van der Waals surface area contributed by atoms with Crippen molar-refractivity contribution in [1.29, 1.82) is 5.26 Å². The number of ketones is 1. The van der Waals surface area contributed by atoms with Gasteiger partial charge in [-0.3, -0.25) is 4.79 Å². The molecule has 1 saturated heterocycles. The monoisotopic (exact) mass is 228 g/mol. The van der Waals surface area contributed by atoms with Gasteiger partial charge in [-0.05, 0) is 50.5 Å². The maximum atomic E-state index is 11.6. The fraction of sp³-hybridized carbons (Fsp3) is 0.429. The molecule has 0 aliphatic carbocycles. The molecule has 2 rings (SSSR count). The second-order valence-corrected chi connectivity index (χ2v) is 4.47. The third kappa shape index (κ3) is 2.47. The third-order valence-corrected chi connectivity index (χ3v) is 3.30. The predicted octanol–water partition coefficient (Wildman–Crippen LogP) is 2.51. The van der Waals surface area contributed by atoms with Crippen LogP contribution in [-0.2, 0) is 4.79 Å². The highest BCUT2D eigenvalue weighted by Gasteiger charge is 2.25. The van der Waals surface area contributed by atoms with E-state index in [4.69, 9.17) is 5.26 Å². The van der Waals surface area contributed by atoms with E-state index in [-0.39, 0.29) is 11.8 Å². The van der Waals surface area contributed by atoms with Crippen LogP contribution >= 0.6 is 0 Å². The Morgan fingerprint density at radius 3 is 2.65 bits per heavy atom. The molecule has 1 fully saturated rings. The average molecular weight is 228 g/mol. The third-order valence-electron chi connectivity index (χ3n) is 3.30. The molecule has 1 aliphatic rings. The Morgan fingerprint density at radius 1 is 1.35 bits per heavy atom. The Morgan fingerprint density at radius 2 is 2.06 bits per heavy atom. The summed E-state index contributed by atoms with van der Waals surface area (Å²) in [4.78, 5) is 13.8. The molecule has 17 heavy (non-hydrogen) atoms. The predicted molar refractivity (Wildman–Crippen MR) is 66.8 cm³/mol. The minimum Gasteiger partial charge on any atom is -0.362 e. The van der Waals surface area contributed by atoms with Crippen LogP contribution < -0.4 is 4.90 Å². The molecule has 0 spiro atoms. The van der Waals surface area contributed by atoms with Gasteiger partial charge in [0.1, 0.15) is 0 Å². The summed E-state index contributed by atoms with van der Waals surface area (Å²) >= 11 is 0. The largest absolute Gasteiger partial charge is 0.362 e. The Balaban J connectivity index is 2.24. The Hall–Kier alpha value is -1.82. The number of anilines is 1. The lowest BCUT2D eigenvalue weighted by Gasteiger charge is -2.36. The van der Waals surface area contributed by atoms with Crippen molar-refractivity contribution in [3.05, 3.63) is 29.8 Å². The molecular weight excluding hydrogens is 212 g/mol. The molecule has 0 bridgehead atoms. The minimum absolute atomic E-state index is 0.0108. The Bertz CT molecular complexity index is 444. The van der Waals surface area contributed by atoms with Gasteiger partial charge < -0.3 is 4.90 Å². The van der Waals surface area contributed by atoms with Crippen molar-refractivity contribution in [3.8, 4) is 6.07 Å². The first kappa shape index (κ1) is 11.7. The number of carbonyl (C=O) groups is 1. The molecule has 1 heterocycles. The van der Waals surface area contributed by atoms with E-state index in [9.17, 15) is 4.79 Å². The van der Waals surface area contributed by atoms with Crippen LogP contribution in [-0.4, -0.2) is 18.4 Å². The van der Waals surface area contributed by atoms with Crippen molar-refractivity contribution >= 4 is 11.5 Å². The highest BCUT2D eigenvalue weighted by molar-refractivity contribution is 5.85. The maximum absolute atomic E-state index is 11.6. The molecule has 0 amide bonds. The number of Topliss-reactive ketones (excluding diaryl/α,β-unsaturated/α-hetero) is 1. The number of rotatable bonds is 2. The number of piperidine rings is 1. The fourth-order valence-electron chi connectivity index (χ4n) is 2.39. The summed E-state index contributed by atoms with van der Waals surface area (Å²) in [5, 5.41) is 8.76. The van der Waals surface area contributed by atoms with Crippen molar-refractivity contribution < 1.29 is 4.79 Å². The summed E-state index contributed by atoms with van der Waals surface area (Å²) in [6.07, 6.45) is 3.19. The molecule has 0 aromatic heterocycles. The quantitative estimate of drug-likeness (QED) is 0.781. The van der Waals surface area contributed by atoms with Crippen LogP contribution in [0.4, 0.5) is 5.69 Å². The lowest BCUT2D eigenvalue weighted by molar-refractivity contribution is -0.118. The van der Waals surface area contributed by atoms with Crippen LogP contribution in [0.25, 0.3) is 0 Å². The highest BCUT2D eigenvalue weighted by atomic mass is 16.1. The van der Waals surface area contributed by atoms with Gasteiger partial charge in [0.2, 0.25) is 0 Å². The maximum Gasteiger partial charge on any atom is 0.152 e. The number of nitriles is 1. The zero-order valence-corrected chi connectivity index (χ0v) is 10.0. The summed E-state index contributed by atoms with van der Waals surface area (Å²) in [6.45, 7) is 2.59. The molecule has 1 aliphatic heterocycles. The smallest absolute Gasteiger partial charge is 0.152 e. The molecule has 1 aromatic carbocycles. The van der Waals surface area contributed by atoms with Crippen LogP contribution in [0.3, 0.4) is 0 Å². The number of nitrogens with zero attached hydrogens (tertiary/aromatic N) is 2. The number of benzene rings is 1. The molecule has 88 valence electrons. The first-order valence-electron chi connectivity index (χ1n) is 5.99. The number of carbonyl (C=O) groups excluding carboxylic acids is 1. The van der Waals surface area contributed by atoms with Gasteiger partial charge in [0, 0.05) is 12.2 Å². The zero-order valence-electron chi connectivity index (χ0n) is 10.0. The molecule has 1 atom stereocenters. The van der Waals surface area contributed by atoms with Crippen LogP contribution in [0, 0.1) is 11.3 Å². The van der Waals surface area contributed by atoms with E-state index in [1.807, 2.05) is 12.1 Å². The first-order chi connectivity index (χ1) is 8.22. The summed E-state index contributed by atoms with van der Waals surface area (Å²) < 4.78 is 0. The van der Waals surface area contributed by atoms with E-state index in [1.165, 1.54) is 0 Å². The lowest BCUT2D eigenvalue weighted by Crippen LogP contribution is -2.43. The van der Waals surface area contributed by atoms with Crippen molar-refractivity contribution in [2.75, 3.05) is 11.4 Å². The van der Waals surface area contributed by atoms with Crippen molar-refractivity contribution in [1.82, 2.24) is 0 Å². The van der Waals surface area contributed by atoms with Crippen molar-refractivity contribution in [3.63, 3.8) is 0 Å². The molecule has 1 unspecified atom stereocenters. The summed E-state index contributed by atoms with van der Waals surface area (Å²) in [7, 11) is 0. The topological polar surface area (TPSA) is 44.1 Å². The first-order valence-corrected chi connectivity index (χ1v) is 5.99. The molecule has 0 radical (unpaired) electrons. The Labute approximate surface area is 102 Å². The molecule has 0 N–H and O–H groups in total. The summed E-state index contributed by atoms with van der Waals surface area (Å²) in [5.41, 5.74) is 1.70. The van der Waals surface area contributed by atoms with E-state index in [1.54, 1.807) is 19.1 Å². The fourth-order valence-corrected chi connectivity index (χ4v) is 2.39. The standard InChI is InChI=1S/C14H16N2O/c1-11(17)14-4-2-3-9-16(14)13-7-5-12(10-15)6-8-13/h5-8,14H,2-4,9H2,1H3. The summed E-state index contributed by atoms with van der Waals surface area (Å²) in [6, 6.07) is 9.59. The van der Waals surface area contributed by atoms with E-state index in [0.717, 1.165) is 31.5 Å². The van der Waals surface area contributed by atoms with Gasteiger partial charge in [0.05, 0.1) is 17.7 Å². The molecule has 1 aromatic rings. The zero-order chi connectivity index (χ0) is 12.3. The van der Waals surface area contributed by atoms with Crippen molar-refractivity contribution in [2.24, 2.45) is 0 Å². The van der Waals surface area contributed by atoms with Crippen LogP contribution in [0.2, 0.25) is 0 Å². The second kappa shape index (κ2) is 5.01. The SMILES string of the molecule is CC(=O)C1CCCCN1c1ccc(C#N)cc1. The number of hydrogen-bond acceptors (Lipinski definition) is 3. The van der Waals surface area contributed by atoms with Gasteiger partial charge in [-0.15, -0.1) is 0 Å². The van der Waals surface area contributed by atoms with E-state index < -0.39 is 0 Å². The summed E-state index contributed by atoms with van der Waals surface area (Å²) in [5.74, 6) is 0.231. The highest BCUT2D eigenvalue weighted by Crippen LogP contribution is 2.25. The molecule has 3 nitrogen and oxygen atoms in total. The Kier molecular flexibility index (Phi) is 3.43. The van der Waals surface area contributed by atoms with Crippen molar-refractivity contribution in [2.45, 2.75) is 32.2 Å². The van der Waals surface area contributed by atoms with Gasteiger partial charge in [-0.1, -0.05) is 0 Å². The number of hydrogen-bond donors (Lipinski definition) is 0. The van der Waals surface area contributed by atoms with Gasteiger partial charge in [-0.25, -0.2) is 0 Å². The average Bonchev–Trinajstić information content (AvgIpc) is 2.39. The molecule has 0 saturated carbocycles. The van der Waals surface area contributed by atoms with Gasteiger partial charge in [-0.2, -0.15) is 5.26 Å². The van der Waals surface area contributed by atoms with Gasteiger partial charge in [0.25, 0.3) is 0 Å². The van der Waals surface area contributed by atoms with Crippen LogP contribution in [0.5, 0.6) is 0 Å². The van der Waals surface area contributed by atoms with Crippen LogP contribution in [0.1, 0.15) is 31.7 Å². The molecule has 3 heteroatoms. The second-order valence-electron chi connectivity index (χ2n) is 4.47. The van der Waals surface area contributed by atoms with Crippen LogP contribution in [0.15, 0.2) is 24.3 Å². The van der Waals surface area contributed by atoms with Gasteiger partial charge >= 0.3 is 0 Å². The lowest BCUT2D eigenvalue weighted by atomic mass is 9.98. The van der Waals surface area contributed by atoms with E-state index in [0.29, 0.717) is 5.56 Å². The normalized spacial score (nSPS) is 19.8. The van der Waals surface area contributed by atoms with E-state index >= 15 is 0 Å². The van der Waals surface area contributed by atoms with Gasteiger partial charge in [0.15, 0.2) is 5.78 Å². The van der Waals surface area contributed by atoms with E-state index in [2.05, 4.69) is 11.0 Å². The molecular formula is C14H16N2O. The minimum atomic E-state index is 0.0108.